The van der Waals surface area contributed by atoms with Crippen molar-refractivity contribution in [2.75, 3.05) is 33.9 Å². The molecule has 0 bridgehead atoms. The number of amides is 2. The Morgan fingerprint density at radius 2 is 2.04 bits per heavy atom. The number of halogens is 1. The van der Waals surface area contributed by atoms with Crippen molar-refractivity contribution in [3.05, 3.63) is 28.8 Å². The van der Waals surface area contributed by atoms with Crippen LogP contribution < -0.4 is 15.2 Å². The lowest BCUT2D eigenvalue weighted by Gasteiger charge is -2.30. The molecule has 0 unspecified atom stereocenters. The third-order valence-electron chi connectivity index (χ3n) is 4.38. The largest absolute Gasteiger partial charge is 0.493 e. The minimum atomic E-state index is -0.678. The van der Waals surface area contributed by atoms with Gasteiger partial charge in [-0.25, -0.2) is 4.79 Å². The number of ether oxygens (including phenoxy) is 3. The Morgan fingerprint density at radius 1 is 1.29 bits per heavy atom. The first-order valence-corrected chi connectivity index (χ1v) is 9.07. The van der Waals surface area contributed by atoms with Gasteiger partial charge < -0.3 is 24.8 Å². The average molecular weight is 411 g/mol. The lowest BCUT2D eigenvalue weighted by atomic mass is 9.97. The molecule has 0 spiro atoms. The molecule has 0 aliphatic carbocycles. The maximum absolute atomic E-state index is 12.2. The summed E-state index contributed by atoms with van der Waals surface area (Å²) in [5, 5.41) is 0.333. The Labute approximate surface area is 168 Å². The maximum atomic E-state index is 12.2. The van der Waals surface area contributed by atoms with E-state index in [9.17, 15) is 14.4 Å². The molecule has 2 amide bonds. The highest BCUT2D eigenvalue weighted by Crippen LogP contribution is 2.36. The van der Waals surface area contributed by atoms with Gasteiger partial charge >= 0.3 is 5.97 Å². The second-order valence-electron chi connectivity index (χ2n) is 6.26. The van der Waals surface area contributed by atoms with Crippen LogP contribution in [0.25, 0.3) is 6.08 Å². The predicted octanol–water partition coefficient (Wildman–Crippen LogP) is 1.64. The standard InChI is InChI=1S/C19H23ClN2O6/c1-26-15-9-12(8-14(20)18(15)27-2)5-6-17(24)28-11-16(23)22-7-3-4-13(10-22)19(21)25/h5-6,8-9,13H,3-4,7,10-11H2,1-2H3,(H2,21,25)/b6-5+/t13-/m0/s1. The Hall–Kier alpha value is -2.74. The Kier molecular flexibility index (Phi) is 7.69. The van der Waals surface area contributed by atoms with Gasteiger partial charge in [-0.2, -0.15) is 0 Å². The molecule has 0 aromatic heterocycles. The van der Waals surface area contributed by atoms with Crippen molar-refractivity contribution in [2.45, 2.75) is 12.8 Å². The number of nitrogens with zero attached hydrogens (tertiary/aromatic N) is 1. The minimum Gasteiger partial charge on any atom is -0.493 e. The van der Waals surface area contributed by atoms with E-state index in [4.69, 9.17) is 31.5 Å². The van der Waals surface area contributed by atoms with Crippen LogP contribution in [0.1, 0.15) is 18.4 Å². The lowest BCUT2D eigenvalue weighted by Crippen LogP contribution is -2.45. The van der Waals surface area contributed by atoms with Gasteiger partial charge in [0.2, 0.25) is 5.91 Å². The molecule has 1 aromatic rings. The fraction of sp³-hybridized carbons (Fsp3) is 0.421. The number of primary amides is 1. The van der Waals surface area contributed by atoms with Crippen molar-refractivity contribution in [2.24, 2.45) is 11.7 Å². The molecule has 8 nitrogen and oxygen atoms in total. The van der Waals surface area contributed by atoms with Crippen LogP contribution >= 0.6 is 11.6 Å². The SMILES string of the molecule is COc1cc(/C=C/C(=O)OCC(=O)N2CCC[C@H](C(N)=O)C2)cc(Cl)c1OC. The van der Waals surface area contributed by atoms with E-state index < -0.39 is 18.5 Å². The summed E-state index contributed by atoms with van der Waals surface area (Å²) in [5.74, 6) is -1.00. The molecule has 1 aromatic carbocycles. The molecular formula is C19H23ClN2O6. The first-order chi connectivity index (χ1) is 13.3. The summed E-state index contributed by atoms with van der Waals surface area (Å²) in [6, 6.07) is 3.26. The second kappa shape index (κ2) is 9.98. The lowest BCUT2D eigenvalue weighted by molar-refractivity contribution is -0.149. The molecule has 2 rings (SSSR count). The van der Waals surface area contributed by atoms with E-state index in [0.29, 0.717) is 41.5 Å². The molecule has 1 atom stereocenters. The molecule has 0 radical (unpaired) electrons. The van der Waals surface area contributed by atoms with Gasteiger partial charge in [-0.3, -0.25) is 9.59 Å². The maximum Gasteiger partial charge on any atom is 0.331 e. The molecule has 9 heteroatoms. The molecule has 1 saturated heterocycles. The number of carbonyl (C=O) groups excluding carboxylic acids is 3. The molecule has 1 heterocycles. The van der Waals surface area contributed by atoms with Crippen LogP contribution in [0.2, 0.25) is 5.02 Å². The fourth-order valence-electron chi connectivity index (χ4n) is 2.91. The van der Waals surface area contributed by atoms with E-state index in [2.05, 4.69) is 0 Å². The number of piperidine rings is 1. The molecule has 1 fully saturated rings. The van der Waals surface area contributed by atoms with Gasteiger partial charge in [-0.05, 0) is 36.6 Å². The molecule has 1 aliphatic heterocycles. The zero-order valence-corrected chi connectivity index (χ0v) is 16.5. The number of hydrogen-bond donors (Lipinski definition) is 1. The highest BCUT2D eigenvalue weighted by Gasteiger charge is 2.27. The summed E-state index contributed by atoms with van der Waals surface area (Å²) in [4.78, 5) is 36.8. The quantitative estimate of drug-likeness (QED) is 0.540. The summed E-state index contributed by atoms with van der Waals surface area (Å²) >= 11 is 6.11. The zero-order chi connectivity index (χ0) is 20.7. The van der Waals surface area contributed by atoms with Crippen molar-refractivity contribution in [3.63, 3.8) is 0 Å². The summed E-state index contributed by atoms with van der Waals surface area (Å²) in [7, 11) is 2.95. The number of esters is 1. The van der Waals surface area contributed by atoms with Crippen molar-refractivity contribution >= 4 is 35.5 Å². The van der Waals surface area contributed by atoms with E-state index in [1.165, 1.54) is 31.3 Å². The van der Waals surface area contributed by atoms with E-state index in [-0.39, 0.29) is 18.4 Å². The number of hydrogen-bond acceptors (Lipinski definition) is 6. The van der Waals surface area contributed by atoms with Crippen LogP contribution in [-0.4, -0.2) is 56.6 Å². The topological polar surface area (TPSA) is 108 Å². The van der Waals surface area contributed by atoms with Gasteiger partial charge in [-0.15, -0.1) is 0 Å². The minimum absolute atomic E-state index is 0.256. The molecule has 152 valence electrons. The van der Waals surface area contributed by atoms with E-state index >= 15 is 0 Å². The summed E-state index contributed by atoms with van der Waals surface area (Å²) in [6.07, 6.45) is 4.03. The molecule has 28 heavy (non-hydrogen) atoms. The van der Waals surface area contributed by atoms with Gasteiger partial charge in [0.05, 0.1) is 25.2 Å². The smallest absolute Gasteiger partial charge is 0.331 e. The first-order valence-electron chi connectivity index (χ1n) is 8.69. The normalized spacial score (nSPS) is 16.7. The molecule has 0 saturated carbocycles. The summed E-state index contributed by atoms with van der Waals surface area (Å²) in [6.45, 7) is 0.368. The number of nitrogens with two attached hydrogens (primary N) is 1. The fourth-order valence-corrected chi connectivity index (χ4v) is 3.20. The highest BCUT2D eigenvalue weighted by molar-refractivity contribution is 6.32. The van der Waals surface area contributed by atoms with Crippen LogP contribution in [0.5, 0.6) is 11.5 Å². The van der Waals surface area contributed by atoms with Gasteiger partial charge in [0.1, 0.15) is 0 Å². The molecular weight excluding hydrogens is 388 g/mol. The van der Waals surface area contributed by atoms with Crippen LogP contribution in [0, 0.1) is 5.92 Å². The van der Waals surface area contributed by atoms with Crippen molar-refractivity contribution < 1.29 is 28.6 Å². The number of likely N-dealkylation sites (tertiary alicyclic amines) is 1. The van der Waals surface area contributed by atoms with Crippen LogP contribution in [-0.2, 0) is 19.1 Å². The van der Waals surface area contributed by atoms with Crippen molar-refractivity contribution in [3.8, 4) is 11.5 Å². The molecule has 2 N–H and O–H groups in total. The van der Waals surface area contributed by atoms with E-state index in [1.54, 1.807) is 12.1 Å². The predicted molar refractivity (Wildman–Crippen MR) is 103 cm³/mol. The van der Waals surface area contributed by atoms with Crippen LogP contribution in [0.3, 0.4) is 0 Å². The van der Waals surface area contributed by atoms with E-state index in [1.807, 2.05) is 0 Å². The van der Waals surface area contributed by atoms with Gasteiger partial charge in [0.25, 0.3) is 5.91 Å². The Balaban J connectivity index is 1.91. The van der Waals surface area contributed by atoms with Crippen LogP contribution in [0.15, 0.2) is 18.2 Å². The Morgan fingerprint density at radius 3 is 2.68 bits per heavy atom. The van der Waals surface area contributed by atoms with Crippen molar-refractivity contribution in [1.82, 2.24) is 4.90 Å². The first kappa shape index (κ1) is 21.6. The zero-order valence-electron chi connectivity index (χ0n) is 15.8. The second-order valence-corrected chi connectivity index (χ2v) is 6.67. The van der Waals surface area contributed by atoms with Gasteiger partial charge in [0.15, 0.2) is 18.1 Å². The van der Waals surface area contributed by atoms with Crippen molar-refractivity contribution in [1.29, 1.82) is 0 Å². The van der Waals surface area contributed by atoms with E-state index in [0.717, 1.165) is 0 Å². The van der Waals surface area contributed by atoms with Gasteiger partial charge in [0, 0.05) is 19.2 Å². The van der Waals surface area contributed by atoms with Gasteiger partial charge in [-0.1, -0.05) is 11.6 Å². The molecule has 1 aliphatic rings. The number of methoxy groups -OCH3 is 2. The monoisotopic (exact) mass is 410 g/mol. The Bertz CT molecular complexity index is 780. The van der Waals surface area contributed by atoms with Crippen LogP contribution in [0.4, 0.5) is 0 Å². The average Bonchev–Trinajstić information content (AvgIpc) is 2.69. The number of benzene rings is 1. The summed E-state index contributed by atoms with van der Waals surface area (Å²) in [5.41, 5.74) is 5.90. The number of rotatable bonds is 7. The highest BCUT2D eigenvalue weighted by atomic mass is 35.5. The third-order valence-corrected chi connectivity index (χ3v) is 4.66. The third kappa shape index (κ3) is 5.63. The number of carbonyl (C=O) groups is 3. The summed E-state index contributed by atoms with van der Waals surface area (Å²) < 4.78 is 15.3.